The number of rotatable bonds is 0. The van der Waals surface area contributed by atoms with E-state index in [0.717, 1.165) is 5.32 Å². The van der Waals surface area contributed by atoms with Gasteiger partial charge in [0.05, 0.1) is 0 Å². The van der Waals surface area contributed by atoms with E-state index in [1.165, 1.54) is 0 Å². The Balaban J connectivity index is 2.42. The van der Waals surface area contributed by atoms with E-state index in [-0.39, 0.29) is 6.10 Å². The van der Waals surface area contributed by atoms with Crippen molar-refractivity contribution in [2.24, 2.45) is 0 Å². The second-order valence-electron chi connectivity index (χ2n) is 1.46. The Morgan fingerprint density at radius 2 is 2.57 bits per heavy atom. The van der Waals surface area contributed by atoms with Crippen LogP contribution in [0.1, 0.15) is 0 Å². The van der Waals surface area contributed by atoms with E-state index in [9.17, 15) is 0 Å². The molecule has 1 rings (SSSR count). The van der Waals surface area contributed by atoms with Crippen LogP contribution in [0.15, 0.2) is 11.1 Å². The molecule has 0 amide bonds. The summed E-state index contributed by atoms with van der Waals surface area (Å²) in [6, 6.07) is 0. The zero-order valence-electron chi connectivity index (χ0n) is 3.74. The second kappa shape index (κ2) is 2.23. The first-order valence-electron chi connectivity index (χ1n) is 2.04. The molecular weight excluding hydrogens is 175 g/mol. The first kappa shape index (κ1) is 5.70. The van der Waals surface area contributed by atoms with E-state index in [1.54, 1.807) is 0 Å². The summed E-state index contributed by atoms with van der Waals surface area (Å²) in [7, 11) is 0. The Bertz CT molecular complexity index is 83.7. The van der Waals surface area contributed by atoms with Crippen molar-refractivity contribution in [1.82, 2.24) is 0 Å². The molecule has 0 bridgehead atoms. The molecule has 7 heavy (non-hydrogen) atoms. The Kier molecular flexibility index (Phi) is 1.81. The van der Waals surface area contributed by atoms with Crippen LogP contribution in [0.3, 0.4) is 0 Å². The Hall–Kier alpha value is 0.569. The third kappa shape index (κ3) is 1.50. The summed E-state index contributed by atoms with van der Waals surface area (Å²) >= 11 is 3.50. The summed E-state index contributed by atoms with van der Waals surface area (Å²) in [6.45, 7) is 0. The van der Waals surface area contributed by atoms with Gasteiger partial charge in [-0.1, -0.05) is 0 Å². The average Bonchev–Trinajstić information content (AvgIpc) is 1.87. The summed E-state index contributed by atoms with van der Waals surface area (Å²) in [6.07, 6.45) is 1.65. The van der Waals surface area contributed by atoms with Gasteiger partial charge in [-0.3, -0.25) is 0 Å². The number of hydrogen-bond donors (Lipinski definition) is 2. The molecule has 3 heteroatoms. The Labute approximate surface area is 51.8 Å². The minimum absolute atomic E-state index is 0.178. The van der Waals surface area contributed by atoms with Gasteiger partial charge in [-0.2, -0.15) is 0 Å². The van der Waals surface area contributed by atoms with Gasteiger partial charge >= 0.3 is 51.4 Å². The maximum atomic E-state index is 8.80. The molecule has 0 saturated heterocycles. The molecule has 0 aliphatic carbocycles. The summed E-state index contributed by atoms with van der Waals surface area (Å²) < 4.78 is 0. The minimum atomic E-state index is -0.730. The molecular formula is C4H7OSSe. The van der Waals surface area contributed by atoms with E-state index in [2.05, 4.69) is 11.0 Å². The molecule has 1 nitrogen and oxygen atoms in total. The summed E-state index contributed by atoms with van der Waals surface area (Å²) in [4.78, 5) is 2.04. The molecule has 1 radical (unpaired) electrons. The molecule has 1 unspecified atom stereocenters. The van der Waals surface area contributed by atoms with Gasteiger partial charge < -0.3 is 0 Å². The molecule has 1 N–H and O–H groups in total. The molecule has 0 aromatic carbocycles. The molecule has 0 saturated carbocycles. The normalized spacial score (nSPS) is 32.0. The van der Waals surface area contributed by atoms with Crippen molar-refractivity contribution in [2.75, 3.05) is 0 Å². The quantitative estimate of drug-likeness (QED) is 0.410. The predicted molar refractivity (Wildman–Crippen MR) is 34.7 cm³/mol. The summed E-state index contributed by atoms with van der Waals surface area (Å²) in [5.74, 6) is 0. The van der Waals surface area contributed by atoms with Gasteiger partial charge in [0.1, 0.15) is 0 Å². The third-order valence-electron chi connectivity index (χ3n) is 0.799. The monoisotopic (exact) mass is 183 g/mol. The summed E-state index contributed by atoms with van der Waals surface area (Å²) in [5.41, 5.74) is 0. The van der Waals surface area contributed by atoms with Gasteiger partial charge in [0, 0.05) is 0 Å². The molecule has 1 aliphatic heterocycles. The van der Waals surface area contributed by atoms with E-state index >= 15 is 0 Å². The van der Waals surface area contributed by atoms with Gasteiger partial charge in [-0.05, 0) is 0 Å². The van der Waals surface area contributed by atoms with E-state index in [1.807, 2.05) is 11.1 Å². The van der Waals surface area contributed by atoms with E-state index in [0.29, 0.717) is 0 Å². The van der Waals surface area contributed by atoms with Crippen LogP contribution >= 0.6 is 11.0 Å². The fourth-order valence-corrected chi connectivity index (χ4v) is 3.59. The third-order valence-corrected chi connectivity index (χ3v) is 4.63. The van der Waals surface area contributed by atoms with E-state index < -0.39 is 12.8 Å². The van der Waals surface area contributed by atoms with Gasteiger partial charge in [0.25, 0.3) is 0 Å². The van der Waals surface area contributed by atoms with Crippen LogP contribution in [0.25, 0.3) is 0 Å². The van der Waals surface area contributed by atoms with Crippen LogP contribution < -0.4 is 0 Å². The zero-order valence-corrected chi connectivity index (χ0v) is 6.35. The van der Waals surface area contributed by atoms with Crippen molar-refractivity contribution in [3.8, 4) is 0 Å². The van der Waals surface area contributed by atoms with E-state index in [4.69, 9.17) is 5.11 Å². The molecule has 0 aromatic rings. The number of hydrogen-bond acceptors (Lipinski definition) is 2. The van der Waals surface area contributed by atoms with Crippen molar-refractivity contribution >= 4 is 23.8 Å². The first-order valence-corrected chi connectivity index (χ1v) is 6.90. The molecule has 0 aromatic heterocycles. The van der Waals surface area contributed by atoms with Crippen molar-refractivity contribution in [3.05, 3.63) is 11.1 Å². The summed E-state index contributed by atoms with van der Waals surface area (Å²) in [5, 5.41) is 9.70. The molecule has 41 valence electrons. The van der Waals surface area contributed by atoms with Crippen molar-refractivity contribution in [1.29, 1.82) is 0 Å². The molecule has 1 aliphatic rings. The molecule has 1 heterocycles. The zero-order chi connectivity index (χ0) is 5.28. The Morgan fingerprint density at radius 3 is 2.71 bits per heavy atom. The standard InChI is InChI=1S/C4H7OSSe/c5-4-1-2-7(6)3-4/h1-2,4-6H,3H2. The Morgan fingerprint density at radius 1 is 1.86 bits per heavy atom. The second-order valence-corrected chi connectivity index (χ2v) is 6.85. The molecule has 0 spiro atoms. The van der Waals surface area contributed by atoms with Crippen LogP contribution in [0.4, 0.5) is 0 Å². The molecule has 1 atom stereocenters. The van der Waals surface area contributed by atoms with Gasteiger partial charge in [-0.25, -0.2) is 0 Å². The average molecular weight is 182 g/mol. The van der Waals surface area contributed by atoms with Crippen LogP contribution in [0.5, 0.6) is 0 Å². The van der Waals surface area contributed by atoms with Crippen molar-refractivity contribution in [2.45, 2.75) is 11.4 Å². The predicted octanol–water partition coefficient (Wildman–Crippen LogP) is 0.378. The number of thiol groups is 1. The SMILES string of the molecule is OC1C=C[Se](S)C1. The van der Waals surface area contributed by atoms with Crippen LogP contribution in [-0.4, -0.2) is 24.0 Å². The van der Waals surface area contributed by atoms with Crippen LogP contribution in [-0.2, 0) is 0 Å². The molecule has 0 fully saturated rings. The maximum absolute atomic E-state index is 8.80. The topological polar surface area (TPSA) is 20.2 Å². The van der Waals surface area contributed by atoms with Crippen molar-refractivity contribution < 1.29 is 5.11 Å². The van der Waals surface area contributed by atoms with Gasteiger partial charge in [-0.15, -0.1) is 0 Å². The fourth-order valence-electron chi connectivity index (χ4n) is 0.467. The fraction of sp³-hybridized carbons (Fsp3) is 0.500. The number of aliphatic hydroxyl groups excluding tert-OH is 1. The van der Waals surface area contributed by atoms with Crippen LogP contribution in [0.2, 0.25) is 5.32 Å². The van der Waals surface area contributed by atoms with Crippen molar-refractivity contribution in [3.63, 3.8) is 0 Å². The van der Waals surface area contributed by atoms with Crippen LogP contribution in [0, 0.1) is 0 Å². The first-order chi connectivity index (χ1) is 3.29. The van der Waals surface area contributed by atoms with Gasteiger partial charge in [0.15, 0.2) is 0 Å². The number of aliphatic hydroxyl groups is 1. The van der Waals surface area contributed by atoms with Gasteiger partial charge in [0.2, 0.25) is 0 Å².